The number of anilines is 1. The third kappa shape index (κ3) is 4.83. The number of alkyl halides is 3. The molecule has 2 fully saturated rings. The highest BCUT2D eigenvalue weighted by atomic mass is 32.1. The number of nitrogens with zero attached hydrogens (tertiary/aromatic N) is 4. The van der Waals surface area contributed by atoms with E-state index >= 15 is 0 Å². The van der Waals surface area contributed by atoms with Crippen molar-refractivity contribution < 1.29 is 17.9 Å². The highest BCUT2D eigenvalue weighted by Crippen LogP contribution is 2.36. The Labute approximate surface area is 172 Å². The van der Waals surface area contributed by atoms with Crippen molar-refractivity contribution >= 4 is 16.5 Å². The van der Waals surface area contributed by atoms with Crippen molar-refractivity contribution in [1.82, 2.24) is 15.1 Å². The Hall–Kier alpha value is -1.87. The Kier molecular flexibility index (Phi) is 5.70. The summed E-state index contributed by atoms with van der Waals surface area (Å²) in [6.45, 7) is 6.58. The fourth-order valence-corrected chi connectivity index (χ4v) is 5.11. The van der Waals surface area contributed by atoms with E-state index in [1.165, 1.54) is 61.9 Å². The van der Waals surface area contributed by atoms with Crippen LogP contribution in [0.5, 0.6) is 5.75 Å². The first-order chi connectivity index (χ1) is 13.8. The lowest BCUT2D eigenvalue weighted by Gasteiger charge is -2.48. The van der Waals surface area contributed by atoms with Gasteiger partial charge >= 0.3 is 6.36 Å². The molecule has 0 radical (unpaired) electrons. The lowest BCUT2D eigenvalue weighted by atomic mass is 9.86. The second kappa shape index (κ2) is 8.10. The predicted octanol–water partition coefficient (Wildman–Crippen LogP) is 4.95. The first-order valence-corrected chi connectivity index (χ1v) is 10.8. The molecule has 0 unspecified atom stereocenters. The molecule has 4 rings (SSSR count). The van der Waals surface area contributed by atoms with Crippen LogP contribution in [0.4, 0.5) is 18.3 Å². The molecule has 0 amide bonds. The topological polar surface area (TPSA) is 41.5 Å². The summed E-state index contributed by atoms with van der Waals surface area (Å²) in [5.74, 6) is -0.248. The molecule has 0 aliphatic carbocycles. The third-order valence-electron chi connectivity index (χ3n) is 5.96. The normalized spacial score (nSPS) is 20.6. The maximum atomic E-state index is 12.5. The Morgan fingerprint density at radius 3 is 2.45 bits per heavy atom. The molecule has 2 aromatic rings. The Morgan fingerprint density at radius 1 is 1.03 bits per heavy atom. The molecule has 158 valence electrons. The summed E-state index contributed by atoms with van der Waals surface area (Å²) in [5.41, 5.74) is 0.818. The largest absolute Gasteiger partial charge is 0.573 e. The van der Waals surface area contributed by atoms with E-state index in [9.17, 15) is 13.2 Å². The monoisotopic (exact) mass is 426 g/mol. The fraction of sp³-hybridized carbons (Fsp3) is 0.600. The number of ether oxygens (including phenoxy) is 1. The van der Waals surface area contributed by atoms with Gasteiger partial charge < -0.3 is 9.64 Å². The highest BCUT2D eigenvalue weighted by molar-refractivity contribution is 7.18. The summed E-state index contributed by atoms with van der Waals surface area (Å²) in [6, 6.07) is 5.88. The molecule has 2 aliphatic rings. The van der Waals surface area contributed by atoms with Crippen molar-refractivity contribution in [1.29, 1.82) is 0 Å². The van der Waals surface area contributed by atoms with E-state index in [-0.39, 0.29) is 11.3 Å². The number of halogens is 3. The maximum Gasteiger partial charge on any atom is 0.573 e. The molecular weight excluding hydrogens is 401 g/mol. The quantitative estimate of drug-likeness (QED) is 0.692. The lowest BCUT2D eigenvalue weighted by molar-refractivity contribution is -0.274. The Bertz CT molecular complexity index is 827. The molecule has 2 saturated heterocycles. The molecule has 2 aliphatic heterocycles. The molecule has 0 N–H and O–H groups in total. The minimum Gasteiger partial charge on any atom is -0.406 e. The minimum absolute atomic E-state index is 0.244. The number of likely N-dealkylation sites (tertiary alicyclic amines) is 1. The maximum absolute atomic E-state index is 12.5. The van der Waals surface area contributed by atoms with Crippen molar-refractivity contribution in [3.05, 3.63) is 24.3 Å². The summed E-state index contributed by atoms with van der Waals surface area (Å²) in [5, 5.41) is 9.92. The van der Waals surface area contributed by atoms with Crippen molar-refractivity contribution in [3.63, 3.8) is 0 Å². The van der Waals surface area contributed by atoms with Crippen molar-refractivity contribution in [2.75, 3.05) is 31.1 Å². The van der Waals surface area contributed by atoms with Crippen LogP contribution in [0.25, 0.3) is 10.6 Å². The van der Waals surface area contributed by atoms with Gasteiger partial charge in [0.1, 0.15) is 10.8 Å². The van der Waals surface area contributed by atoms with Gasteiger partial charge in [0.15, 0.2) is 0 Å². The van der Waals surface area contributed by atoms with Gasteiger partial charge in [-0.25, -0.2) is 0 Å². The molecule has 0 atom stereocenters. The van der Waals surface area contributed by atoms with E-state index in [2.05, 4.69) is 31.7 Å². The standard InChI is InChI=1S/C20H25F3N4OS/c1-19(27-10-3-2-4-11-27)8-12-26(13-9-19)18-25-24-17(29-18)15-6-5-7-16(14-15)28-20(21,22)23/h5-7,14H,2-4,8-13H2,1H3. The lowest BCUT2D eigenvalue weighted by Crippen LogP contribution is -2.55. The zero-order valence-corrected chi connectivity index (χ0v) is 17.2. The van der Waals surface area contributed by atoms with Crippen LogP contribution in [0.1, 0.15) is 39.0 Å². The number of hydrogen-bond acceptors (Lipinski definition) is 6. The van der Waals surface area contributed by atoms with Crippen LogP contribution in [0.2, 0.25) is 0 Å². The van der Waals surface area contributed by atoms with Crippen LogP contribution in [-0.4, -0.2) is 53.2 Å². The second-order valence-corrected chi connectivity index (χ2v) is 8.95. The molecule has 3 heterocycles. The van der Waals surface area contributed by atoms with Crippen LogP contribution >= 0.6 is 11.3 Å². The highest BCUT2D eigenvalue weighted by Gasteiger charge is 2.37. The zero-order chi connectivity index (χ0) is 20.5. The number of rotatable bonds is 4. The summed E-state index contributed by atoms with van der Waals surface area (Å²) in [4.78, 5) is 4.88. The third-order valence-corrected chi connectivity index (χ3v) is 6.99. The van der Waals surface area contributed by atoms with Gasteiger partial charge in [-0.2, -0.15) is 0 Å². The Balaban J connectivity index is 1.42. The van der Waals surface area contributed by atoms with Crippen LogP contribution < -0.4 is 9.64 Å². The van der Waals surface area contributed by atoms with Crippen LogP contribution in [-0.2, 0) is 0 Å². The molecule has 9 heteroatoms. The van der Waals surface area contributed by atoms with Crippen molar-refractivity contribution in [2.45, 2.75) is 50.9 Å². The van der Waals surface area contributed by atoms with Gasteiger partial charge in [0.2, 0.25) is 5.13 Å². The van der Waals surface area contributed by atoms with Gasteiger partial charge in [0.05, 0.1) is 0 Å². The Morgan fingerprint density at radius 2 is 1.76 bits per heavy atom. The molecule has 0 bridgehead atoms. The van der Waals surface area contributed by atoms with E-state index in [1.807, 2.05) is 0 Å². The molecule has 29 heavy (non-hydrogen) atoms. The number of piperidine rings is 2. The smallest absolute Gasteiger partial charge is 0.406 e. The van der Waals surface area contributed by atoms with Crippen LogP contribution in [0, 0.1) is 0 Å². The summed E-state index contributed by atoms with van der Waals surface area (Å²) < 4.78 is 41.4. The fourth-order valence-electron chi connectivity index (χ4n) is 4.22. The molecular formula is C20H25F3N4OS. The number of hydrogen-bond donors (Lipinski definition) is 0. The zero-order valence-electron chi connectivity index (χ0n) is 16.4. The number of aromatic nitrogens is 2. The second-order valence-electron chi connectivity index (χ2n) is 8.00. The predicted molar refractivity (Wildman–Crippen MR) is 107 cm³/mol. The summed E-state index contributed by atoms with van der Waals surface area (Å²) in [7, 11) is 0. The minimum atomic E-state index is -4.71. The van der Waals surface area contributed by atoms with E-state index < -0.39 is 6.36 Å². The van der Waals surface area contributed by atoms with Crippen LogP contribution in [0.15, 0.2) is 24.3 Å². The summed E-state index contributed by atoms with van der Waals surface area (Å²) in [6.07, 6.45) is 1.36. The van der Waals surface area contributed by atoms with Gasteiger partial charge in [-0.05, 0) is 57.8 Å². The summed E-state index contributed by atoms with van der Waals surface area (Å²) >= 11 is 1.41. The number of benzene rings is 1. The van der Waals surface area contributed by atoms with Gasteiger partial charge in [-0.3, -0.25) is 4.90 Å². The molecule has 0 spiro atoms. The molecule has 1 aromatic heterocycles. The van der Waals surface area contributed by atoms with E-state index in [1.54, 1.807) is 6.07 Å². The van der Waals surface area contributed by atoms with Gasteiger partial charge in [-0.15, -0.1) is 23.4 Å². The van der Waals surface area contributed by atoms with Crippen molar-refractivity contribution in [3.8, 4) is 16.3 Å². The van der Waals surface area contributed by atoms with Gasteiger partial charge in [0, 0.05) is 24.2 Å². The van der Waals surface area contributed by atoms with E-state index in [0.29, 0.717) is 10.6 Å². The average molecular weight is 427 g/mol. The molecule has 0 saturated carbocycles. The first kappa shape index (κ1) is 20.4. The van der Waals surface area contributed by atoms with Gasteiger partial charge in [-0.1, -0.05) is 29.9 Å². The SMILES string of the molecule is CC1(N2CCCCC2)CCN(c2nnc(-c3cccc(OC(F)(F)F)c3)s2)CC1. The first-order valence-electron chi connectivity index (χ1n) is 10.0. The molecule has 5 nitrogen and oxygen atoms in total. The van der Waals surface area contributed by atoms with Gasteiger partial charge in [0.25, 0.3) is 0 Å². The van der Waals surface area contributed by atoms with E-state index in [4.69, 9.17) is 0 Å². The van der Waals surface area contributed by atoms with E-state index in [0.717, 1.165) is 31.1 Å². The van der Waals surface area contributed by atoms with Crippen molar-refractivity contribution in [2.24, 2.45) is 0 Å². The average Bonchev–Trinajstić information content (AvgIpc) is 3.18. The molecule has 1 aromatic carbocycles. The van der Waals surface area contributed by atoms with Crippen LogP contribution in [0.3, 0.4) is 0 Å².